The number of nitrogens with zero attached hydrogens (tertiary/aromatic N) is 1. The van der Waals surface area contributed by atoms with Gasteiger partial charge < -0.3 is 19.8 Å². The molecule has 0 aromatic heterocycles. The van der Waals surface area contributed by atoms with E-state index in [0.717, 1.165) is 12.8 Å². The van der Waals surface area contributed by atoms with Crippen LogP contribution in [0.25, 0.3) is 0 Å². The number of ether oxygens (including phenoxy) is 1. The molecule has 1 aromatic carbocycles. The second kappa shape index (κ2) is 8.97. The first kappa shape index (κ1) is 19.4. The van der Waals surface area contributed by atoms with Gasteiger partial charge in [-0.1, -0.05) is 37.3 Å². The molecule has 2 aliphatic rings. The standard InChI is InChI=1S/C16H21NO3.C3H6O2/c1-17-12-7-8-13(17)10-14(9-12)20-16(19)15(18)11-5-3-2-4-6-11;1-2-3(4)5/h2-6,12-15,18H,7-10H2,1H3;2H2,1H3,(H,4,5)/t12-,13+,14+,15?;. The van der Waals surface area contributed by atoms with Crippen LogP contribution in [0.3, 0.4) is 0 Å². The van der Waals surface area contributed by atoms with Crippen LogP contribution in [0.2, 0.25) is 0 Å². The quantitative estimate of drug-likeness (QED) is 0.812. The maximum atomic E-state index is 12.0. The minimum atomic E-state index is -1.17. The Bertz CT molecular complexity index is 562. The average Bonchev–Trinajstić information content (AvgIpc) is 2.83. The Balaban J connectivity index is 0.000000399. The number of carboxylic acids is 1. The number of aliphatic carboxylic acids is 1. The summed E-state index contributed by atoms with van der Waals surface area (Å²) in [5.41, 5.74) is 0.591. The molecule has 6 nitrogen and oxygen atoms in total. The fourth-order valence-electron chi connectivity index (χ4n) is 3.46. The van der Waals surface area contributed by atoms with Crippen LogP contribution in [0.1, 0.15) is 50.7 Å². The van der Waals surface area contributed by atoms with Gasteiger partial charge in [-0.2, -0.15) is 0 Å². The smallest absolute Gasteiger partial charge is 0.339 e. The summed E-state index contributed by atoms with van der Waals surface area (Å²) < 4.78 is 5.52. The molecule has 6 heteroatoms. The molecule has 2 aliphatic heterocycles. The molecule has 0 aliphatic carbocycles. The summed E-state index contributed by atoms with van der Waals surface area (Å²) in [6.45, 7) is 1.60. The number of aliphatic hydroxyl groups excluding tert-OH is 1. The molecule has 0 radical (unpaired) electrons. The molecule has 4 atom stereocenters. The zero-order valence-electron chi connectivity index (χ0n) is 14.8. The van der Waals surface area contributed by atoms with Gasteiger partial charge in [-0.3, -0.25) is 4.79 Å². The SMILES string of the molecule is CCC(=O)O.CN1[C@@H]2CC[C@H]1C[C@@H](OC(=O)C(O)c1ccccc1)C2. The van der Waals surface area contributed by atoms with Crippen LogP contribution in [0.4, 0.5) is 0 Å². The van der Waals surface area contributed by atoms with E-state index in [1.54, 1.807) is 19.1 Å². The third-order valence-electron chi connectivity index (χ3n) is 4.98. The van der Waals surface area contributed by atoms with E-state index < -0.39 is 18.0 Å². The summed E-state index contributed by atoms with van der Waals surface area (Å²) in [4.78, 5) is 23.8. The van der Waals surface area contributed by atoms with E-state index in [0.29, 0.717) is 17.6 Å². The van der Waals surface area contributed by atoms with Crippen LogP contribution >= 0.6 is 0 Å². The molecule has 2 N–H and O–H groups in total. The van der Waals surface area contributed by atoms with E-state index in [2.05, 4.69) is 11.9 Å². The number of carbonyl (C=O) groups is 2. The van der Waals surface area contributed by atoms with E-state index in [1.165, 1.54) is 12.8 Å². The van der Waals surface area contributed by atoms with E-state index >= 15 is 0 Å². The van der Waals surface area contributed by atoms with Crippen LogP contribution in [-0.2, 0) is 14.3 Å². The molecule has 1 unspecified atom stereocenters. The van der Waals surface area contributed by atoms with Gasteiger partial charge in [0.05, 0.1) is 0 Å². The Morgan fingerprint density at radius 2 is 1.72 bits per heavy atom. The summed E-state index contributed by atoms with van der Waals surface area (Å²) >= 11 is 0. The second-order valence-corrected chi connectivity index (χ2v) is 6.64. The number of rotatable bonds is 4. The Morgan fingerprint density at radius 3 is 2.20 bits per heavy atom. The van der Waals surface area contributed by atoms with Gasteiger partial charge in [-0.25, -0.2) is 4.79 Å². The molecular weight excluding hydrogens is 322 g/mol. The first-order valence-electron chi connectivity index (χ1n) is 8.79. The van der Waals surface area contributed by atoms with Crippen LogP contribution in [0.15, 0.2) is 30.3 Å². The molecule has 2 bridgehead atoms. The van der Waals surface area contributed by atoms with Crippen LogP contribution < -0.4 is 0 Å². The molecule has 138 valence electrons. The fourth-order valence-corrected chi connectivity index (χ4v) is 3.46. The number of aliphatic hydroxyl groups is 1. The number of fused-ring (bicyclic) bond motifs is 2. The Hall–Kier alpha value is -1.92. The molecule has 3 rings (SSSR count). The van der Waals surface area contributed by atoms with Crippen molar-refractivity contribution in [2.75, 3.05) is 7.05 Å². The molecule has 0 spiro atoms. The van der Waals surface area contributed by atoms with Gasteiger partial charge in [0.2, 0.25) is 0 Å². The lowest BCUT2D eigenvalue weighted by Gasteiger charge is -2.36. The van der Waals surface area contributed by atoms with Crippen LogP contribution in [0.5, 0.6) is 0 Å². The molecule has 2 fully saturated rings. The van der Waals surface area contributed by atoms with Crippen molar-refractivity contribution in [1.29, 1.82) is 0 Å². The van der Waals surface area contributed by atoms with Crippen molar-refractivity contribution >= 4 is 11.9 Å². The van der Waals surface area contributed by atoms with E-state index in [4.69, 9.17) is 9.84 Å². The zero-order chi connectivity index (χ0) is 18.4. The average molecular weight is 349 g/mol. The highest BCUT2D eigenvalue weighted by atomic mass is 16.6. The van der Waals surface area contributed by atoms with Gasteiger partial charge in [0.15, 0.2) is 6.10 Å². The highest BCUT2D eigenvalue weighted by molar-refractivity contribution is 5.76. The molecule has 2 saturated heterocycles. The highest BCUT2D eigenvalue weighted by Crippen LogP contribution is 2.35. The zero-order valence-corrected chi connectivity index (χ0v) is 14.8. The molecule has 0 amide bonds. The Kier molecular flexibility index (Phi) is 6.96. The number of esters is 1. The van der Waals surface area contributed by atoms with E-state index in [-0.39, 0.29) is 12.5 Å². The lowest BCUT2D eigenvalue weighted by molar-refractivity contribution is -0.162. The van der Waals surface area contributed by atoms with Crippen molar-refractivity contribution < 1.29 is 24.5 Å². The molecule has 25 heavy (non-hydrogen) atoms. The fraction of sp³-hybridized carbons (Fsp3) is 0.579. The molecular formula is C19H27NO5. The topological polar surface area (TPSA) is 87.1 Å². The second-order valence-electron chi connectivity index (χ2n) is 6.64. The summed E-state index contributed by atoms with van der Waals surface area (Å²) in [7, 11) is 2.15. The molecule has 2 heterocycles. The lowest BCUT2D eigenvalue weighted by atomic mass is 10.0. The van der Waals surface area contributed by atoms with Crippen molar-refractivity contribution in [1.82, 2.24) is 4.90 Å². The summed E-state index contributed by atoms with van der Waals surface area (Å²) in [6, 6.07) is 10.0. The monoisotopic (exact) mass is 349 g/mol. The Labute approximate surface area is 148 Å². The predicted molar refractivity (Wildman–Crippen MR) is 93.0 cm³/mol. The lowest BCUT2D eigenvalue weighted by Crippen LogP contribution is -2.43. The maximum Gasteiger partial charge on any atom is 0.339 e. The largest absolute Gasteiger partial charge is 0.481 e. The summed E-state index contributed by atoms with van der Waals surface area (Å²) in [5.74, 6) is -1.27. The minimum absolute atomic E-state index is 0.0467. The number of benzene rings is 1. The van der Waals surface area contributed by atoms with Crippen LogP contribution in [0, 0.1) is 0 Å². The number of hydrogen-bond donors (Lipinski definition) is 2. The van der Waals surface area contributed by atoms with Gasteiger partial charge >= 0.3 is 11.9 Å². The summed E-state index contributed by atoms with van der Waals surface area (Å²) in [5, 5.41) is 17.8. The maximum absolute atomic E-state index is 12.0. The van der Waals surface area contributed by atoms with Crippen molar-refractivity contribution in [3.8, 4) is 0 Å². The Morgan fingerprint density at radius 1 is 1.20 bits per heavy atom. The number of carboxylic acid groups (broad SMARTS) is 1. The molecule has 0 saturated carbocycles. The number of piperidine rings is 1. The van der Waals surface area contributed by atoms with Gasteiger partial charge in [0, 0.05) is 18.5 Å². The summed E-state index contributed by atoms with van der Waals surface area (Å²) in [6.07, 6.45) is 3.16. The van der Waals surface area contributed by atoms with Gasteiger partial charge in [-0.15, -0.1) is 0 Å². The van der Waals surface area contributed by atoms with Gasteiger partial charge in [0.1, 0.15) is 6.10 Å². The predicted octanol–water partition coefficient (Wildman–Crippen LogP) is 2.37. The normalized spacial score (nSPS) is 26.3. The van der Waals surface area contributed by atoms with Crippen molar-refractivity contribution in [3.05, 3.63) is 35.9 Å². The number of hydrogen-bond acceptors (Lipinski definition) is 5. The van der Waals surface area contributed by atoms with E-state index in [1.807, 2.05) is 18.2 Å². The number of carbonyl (C=O) groups excluding carboxylic acids is 1. The van der Waals surface area contributed by atoms with E-state index in [9.17, 15) is 14.7 Å². The van der Waals surface area contributed by atoms with Crippen LogP contribution in [-0.4, -0.2) is 52.3 Å². The first-order valence-corrected chi connectivity index (χ1v) is 8.79. The van der Waals surface area contributed by atoms with Gasteiger partial charge in [-0.05, 0) is 38.3 Å². The third kappa shape index (κ3) is 5.28. The van der Waals surface area contributed by atoms with Crippen molar-refractivity contribution in [3.63, 3.8) is 0 Å². The van der Waals surface area contributed by atoms with Crippen molar-refractivity contribution in [2.24, 2.45) is 0 Å². The minimum Gasteiger partial charge on any atom is -0.481 e. The molecule has 1 aromatic rings. The van der Waals surface area contributed by atoms with Gasteiger partial charge in [0.25, 0.3) is 0 Å². The highest BCUT2D eigenvalue weighted by Gasteiger charge is 2.40. The first-order chi connectivity index (χ1) is 11.9. The van der Waals surface area contributed by atoms with Crippen molar-refractivity contribution in [2.45, 2.75) is 63.3 Å². The third-order valence-corrected chi connectivity index (χ3v) is 4.98.